The fraction of sp³-hybridized carbons (Fsp3) is 0.364. The second-order valence-corrected chi connectivity index (χ2v) is 5.93. The topological polar surface area (TPSA) is 60.4 Å². The van der Waals surface area contributed by atoms with E-state index < -0.39 is 15.8 Å². The van der Waals surface area contributed by atoms with Crippen molar-refractivity contribution < 1.29 is 17.9 Å². The van der Waals surface area contributed by atoms with Gasteiger partial charge in [0.1, 0.15) is 0 Å². The molecule has 1 aromatic rings. The van der Waals surface area contributed by atoms with Crippen LogP contribution in [0.25, 0.3) is 0 Å². The Labute approximate surface area is 105 Å². The lowest BCUT2D eigenvalue weighted by Gasteiger charge is -2.08. The minimum atomic E-state index is -3.38. The summed E-state index contributed by atoms with van der Waals surface area (Å²) in [6.07, 6.45) is 0.988. The van der Waals surface area contributed by atoms with E-state index >= 15 is 0 Å². The van der Waals surface area contributed by atoms with E-state index in [-0.39, 0.29) is 17.9 Å². The number of rotatable bonds is 4. The molecule has 4 nitrogen and oxygen atoms in total. The third-order valence-corrected chi connectivity index (χ3v) is 3.49. The van der Waals surface area contributed by atoms with Gasteiger partial charge in [-0.25, -0.2) is 8.42 Å². The predicted octanol–water partition coefficient (Wildman–Crippen LogP) is 1.85. The first-order valence-electron chi connectivity index (χ1n) is 4.98. The lowest BCUT2D eigenvalue weighted by atomic mass is 10.1. The molecular formula is C11H13ClO4S. The zero-order chi connectivity index (χ0) is 13.1. The first kappa shape index (κ1) is 14.0. The van der Waals surface area contributed by atoms with Gasteiger partial charge in [0.25, 0.3) is 0 Å². The fourth-order valence-corrected chi connectivity index (χ4v) is 2.53. The van der Waals surface area contributed by atoms with Crippen molar-refractivity contribution in [1.82, 2.24) is 0 Å². The first-order chi connectivity index (χ1) is 7.84. The molecule has 0 radical (unpaired) electrons. The molecule has 0 amide bonds. The Morgan fingerprint density at radius 2 is 2.06 bits per heavy atom. The molecular weight excluding hydrogens is 264 g/mol. The van der Waals surface area contributed by atoms with Gasteiger partial charge in [0.05, 0.1) is 17.9 Å². The Balaban J connectivity index is 3.13. The van der Waals surface area contributed by atoms with Crippen molar-refractivity contribution in [3.63, 3.8) is 0 Å². The summed E-state index contributed by atoms with van der Waals surface area (Å²) in [5, 5.41) is 0.386. The molecule has 0 aliphatic carbocycles. The van der Waals surface area contributed by atoms with Crippen molar-refractivity contribution in [2.45, 2.75) is 18.2 Å². The molecule has 0 saturated heterocycles. The highest BCUT2D eigenvalue weighted by atomic mass is 35.5. The van der Waals surface area contributed by atoms with Gasteiger partial charge in [0.15, 0.2) is 9.84 Å². The lowest BCUT2D eigenvalue weighted by molar-refractivity contribution is -0.142. The van der Waals surface area contributed by atoms with Gasteiger partial charge in [-0.15, -0.1) is 0 Å². The van der Waals surface area contributed by atoms with Crippen LogP contribution >= 0.6 is 11.6 Å². The van der Waals surface area contributed by atoms with Gasteiger partial charge in [0.2, 0.25) is 0 Å². The van der Waals surface area contributed by atoms with Crippen LogP contribution in [0, 0.1) is 0 Å². The summed E-state index contributed by atoms with van der Waals surface area (Å²) in [5.41, 5.74) is 0.360. The Hall–Kier alpha value is -1.07. The molecule has 0 aliphatic rings. The van der Waals surface area contributed by atoms with Crippen LogP contribution in [-0.2, 0) is 25.8 Å². The first-order valence-corrected chi connectivity index (χ1v) is 7.25. The van der Waals surface area contributed by atoms with Crippen LogP contribution < -0.4 is 0 Å². The number of benzene rings is 1. The summed E-state index contributed by atoms with van der Waals surface area (Å²) in [4.78, 5) is 11.4. The summed E-state index contributed by atoms with van der Waals surface area (Å²) in [7, 11) is -3.38. The number of ether oxygens (including phenoxy) is 1. The number of hydrogen-bond donors (Lipinski definition) is 0. The van der Waals surface area contributed by atoms with Crippen molar-refractivity contribution in [3.05, 3.63) is 28.8 Å². The average molecular weight is 277 g/mol. The molecule has 0 aromatic heterocycles. The summed E-state index contributed by atoms with van der Waals surface area (Å²) >= 11 is 5.78. The monoisotopic (exact) mass is 276 g/mol. The molecule has 1 rings (SSSR count). The largest absolute Gasteiger partial charge is 0.466 e. The van der Waals surface area contributed by atoms with Gasteiger partial charge >= 0.3 is 5.97 Å². The van der Waals surface area contributed by atoms with Crippen LogP contribution in [0.3, 0.4) is 0 Å². The molecule has 6 heteroatoms. The second kappa shape index (κ2) is 5.51. The maximum Gasteiger partial charge on any atom is 0.310 e. The third kappa shape index (κ3) is 4.02. The van der Waals surface area contributed by atoms with Crippen LogP contribution in [0.4, 0.5) is 0 Å². The smallest absolute Gasteiger partial charge is 0.310 e. The van der Waals surface area contributed by atoms with Gasteiger partial charge in [0, 0.05) is 11.3 Å². The Morgan fingerprint density at radius 3 is 2.59 bits per heavy atom. The van der Waals surface area contributed by atoms with Crippen molar-refractivity contribution in [1.29, 1.82) is 0 Å². The van der Waals surface area contributed by atoms with Crippen molar-refractivity contribution >= 4 is 27.4 Å². The van der Waals surface area contributed by atoms with E-state index in [1.54, 1.807) is 6.92 Å². The Morgan fingerprint density at radius 1 is 1.41 bits per heavy atom. The maximum absolute atomic E-state index is 11.5. The zero-order valence-corrected chi connectivity index (χ0v) is 11.1. The number of carbonyl (C=O) groups is 1. The van der Waals surface area contributed by atoms with E-state index in [9.17, 15) is 13.2 Å². The molecule has 0 heterocycles. The van der Waals surface area contributed by atoms with Crippen molar-refractivity contribution in [2.75, 3.05) is 12.9 Å². The van der Waals surface area contributed by atoms with Crippen LogP contribution in [0.15, 0.2) is 23.1 Å². The Bertz CT molecular complexity index is 522. The molecule has 0 saturated carbocycles. The van der Waals surface area contributed by atoms with Crippen LogP contribution in [0.1, 0.15) is 12.5 Å². The van der Waals surface area contributed by atoms with E-state index in [2.05, 4.69) is 0 Å². The van der Waals surface area contributed by atoms with Crippen LogP contribution in [0.5, 0.6) is 0 Å². The molecule has 0 unspecified atom stereocenters. The second-order valence-electron chi connectivity index (χ2n) is 3.51. The lowest BCUT2D eigenvalue weighted by Crippen LogP contribution is -2.11. The predicted molar refractivity (Wildman–Crippen MR) is 64.9 cm³/mol. The molecule has 1 aromatic carbocycles. The van der Waals surface area contributed by atoms with Crippen LogP contribution in [0.2, 0.25) is 5.02 Å². The standard InChI is InChI=1S/C11H13ClO4S/c1-3-16-11(13)7-8-6-9(12)4-5-10(8)17(2,14)15/h4-6H,3,7H2,1-2H3. The van der Waals surface area contributed by atoms with Gasteiger partial charge in [-0.2, -0.15) is 0 Å². The number of sulfone groups is 1. The van der Waals surface area contributed by atoms with Gasteiger partial charge in [-0.1, -0.05) is 11.6 Å². The zero-order valence-electron chi connectivity index (χ0n) is 9.57. The highest BCUT2D eigenvalue weighted by Crippen LogP contribution is 2.21. The quantitative estimate of drug-likeness (QED) is 0.788. The summed E-state index contributed by atoms with van der Waals surface area (Å²) in [6, 6.07) is 4.34. The van der Waals surface area contributed by atoms with E-state index in [1.165, 1.54) is 18.2 Å². The average Bonchev–Trinajstić information content (AvgIpc) is 2.15. The van der Waals surface area contributed by atoms with Crippen molar-refractivity contribution in [3.8, 4) is 0 Å². The molecule has 0 aliphatic heterocycles. The molecule has 0 N–H and O–H groups in total. The van der Waals surface area contributed by atoms with Gasteiger partial charge < -0.3 is 4.74 Å². The Kier molecular flexibility index (Phi) is 4.54. The van der Waals surface area contributed by atoms with Gasteiger partial charge in [-0.05, 0) is 30.7 Å². The third-order valence-electron chi connectivity index (χ3n) is 2.06. The fourth-order valence-electron chi connectivity index (χ4n) is 1.42. The minimum absolute atomic E-state index is 0.100. The summed E-state index contributed by atoms with van der Waals surface area (Å²) in [6.45, 7) is 1.95. The highest BCUT2D eigenvalue weighted by molar-refractivity contribution is 7.90. The summed E-state index contributed by atoms with van der Waals surface area (Å²) in [5.74, 6) is -0.473. The SMILES string of the molecule is CCOC(=O)Cc1cc(Cl)ccc1S(C)(=O)=O. The number of halogens is 1. The van der Waals surface area contributed by atoms with E-state index in [0.29, 0.717) is 10.6 Å². The van der Waals surface area contributed by atoms with Gasteiger partial charge in [-0.3, -0.25) is 4.79 Å². The van der Waals surface area contributed by atoms with E-state index in [1.807, 2.05) is 0 Å². The molecule has 17 heavy (non-hydrogen) atoms. The highest BCUT2D eigenvalue weighted by Gasteiger charge is 2.16. The normalized spacial score (nSPS) is 11.2. The number of carbonyl (C=O) groups excluding carboxylic acids is 1. The molecule has 0 spiro atoms. The number of hydrogen-bond acceptors (Lipinski definition) is 4. The van der Waals surface area contributed by atoms with Crippen LogP contribution in [-0.4, -0.2) is 27.2 Å². The minimum Gasteiger partial charge on any atom is -0.466 e. The summed E-state index contributed by atoms with van der Waals surface area (Å²) < 4.78 is 27.8. The van der Waals surface area contributed by atoms with Crippen molar-refractivity contribution in [2.24, 2.45) is 0 Å². The van der Waals surface area contributed by atoms with E-state index in [4.69, 9.17) is 16.3 Å². The number of esters is 1. The molecule has 0 bridgehead atoms. The molecule has 94 valence electrons. The molecule has 0 fully saturated rings. The maximum atomic E-state index is 11.5. The molecule has 0 atom stereocenters. The van der Waals surface area contributed by atoms with E-state index in [0.717, 1.165) is 6.26 Å².